The normalized spacial score (nSPS) is 11.3. The Kier molecular flexibility index (Phi) is 11.3. The van der Waals surface area contributed by atoms with Gasteiger partial charge in [-0.25, -0.2) is 14.2 Å². The van der Waals surface area contributed by atoms with Gasteiger partial charge >= 0.3 is 11.9 Å². The molecule has 14 nitrogen and oxygen atoms in total. The number of phenols is 1. The van der Waals surface area contributed by atoms with Crippen LogP contribution in [0.4, 0.5) is 5.69 Å². The fraction of sp³-hybridized carbons (Fsp3) is 0.125. The summed E-state index contributed by atoms with van der Waals surface area (Å²) in [5.41, 5.74) is 3.03. The number of carboxylic acids is 2. The second kappa shape index (κ2) is 16.9. The minimum atomic E-state index is -1.39. The van der Waals surface area contributed by atoms with Crippen LogP contribution >= 0.6 is 23.2 Å². The molecule has 4 aliphatic rings. The molecule has 64 heavy (non-hydrogen) atoms. The highest BCUT2D eigenvalue weighted by molar-refractivity contribution is 6.41. The maximum Gasteiger partial charge on any atom is 0.337 e. The Balaban J connectivity index is 1.09. The van der Waals surface area contributed by atoms with Gasteiger partial charge in [0.25, 0.3) is 5.91 Å². The predicted molar refractivity (Wildman–Crippen MR) is 244 cm³/mol. The van der Waals surface area contributed by atoms with E-state index >= 15 is 0 Å². The van der Waals surface area contributed by atoms with E-state index in [1.165, 1.54) is 30.3 Å². The summed E-state index contributed by atoms with van der Waals surface area (Å²) in [6.45, 7) is -0.661. The van der Waals surface area contributed by atoms with Crippen molar-refractivity contribution in [2.24, 2.45) is 0 Å². The summed E-state index contributed by atoms with van der Waals surface area (Å²) in [4.78, 5) is 66.7. The van der Waals surface area contributed by atoms with Gasteiger partial charge in [0.1, 0.15) is 42.5 Å². The molecule has 2 heterocycles. The Morgan fingerprint density at radius 3 is 2.05 bits per heavy atom. The van der Waals surface area contributed by atoms with Gasteiger partial charge in [0, 0.05) is 89.2 Å². The fourth-order valence-electron chi connectivity index (χ4n) is 7.69. The standard InChI is InChI=1S/C48H36Cl2N4O10/c1-53(2)24-6-11-31-36(16-24)63-37-17-25(54(3)4)7-12-32(37)42(31)44-43(48(61)62)35(49)20-34(45(44)50)46(58)52-22-40(57)51-21-23-5-10-28(33(15-23)47(59)60)41-29-13-8-26(55)18-38(29)64-39-19-27(56)9-14-30(39)41/h5-20H,21-22H2,1-4H3,(H4-,51,52,55,56,57,58,59,60,61,62)/p+1. The molecule has 0 spiro atoms. The van der Waals surface area contributed by atoms with E-state index < -0.39 is 30.3 Å². The van der Waals surface area contributed by atoms with Crippen LogP contribution in [-0.4, -0.2) is 73.8 Å². The number of carbonyl (C=O) groups is 4. The first-order valence-corrected chi connectivity index (χ1v) is 20.3. The van der Waals surface area contributed by atoms with E-state index in [9.17, 15) is 39.3 Å². The smallest absolute Gasteiger partial charge is 0.337 e. The molecule has 2 aliphatic carbocycles. The number of rotatable bonds is 10. The van der Waals surface area contributed by atoms with Gasteiger partial charge in [-0.1, -0.05) is 35.3 Å². The van der Waals surface area contributed by atoms with Gasteiger partial charge in [-0.2, -0.15) is 0 Å². The first kappa shape index (κ1) is 43.0. The van der Waals surface area contributed by atoms with Gasteiger partial charge < -0.3 is 39.7 Å². The average Bonchev–Trinajstić information content (AvgIpc) is 3.25. The maximum atomic E-state index is 13.8. The Morgan fingerprint density at radius 1 is 0.688 bits per heavy atom. The van der Waals surface area contributed by atoms with E-state index in [2.05, 4.69) is 10.6 Å². The number of phenolic OH excluding ortho intramolecular Hbond substituents is 1. The number of halogens is 2. The molecule has 0 saturated carbocycles. The van der Waals surface area contributed by atoms with Gasteiger partial charge in [0.2, 0.25) is 11.3 Å². The highest BCUT2D eigenvalue weighted by Gasteiger charge is 2.30. The quantitative estimate of drug-likeness (QED) is 0.0667. The summed E-state index contributed by atoms with van der Waals surface area (Å²) in [5, 5.41) is 37.5. The summed E-state index contributed by atoms with van der Waals surface area (Å²) in [6.07, 6.45) is 0. The zero-order chi connectivity index (χ0) is 45.7. The van der Waals surface area contributed by atoms with E-state index in [0.29, 0.717) is 55.5 Å². The minimum absolute atomic E-state index is 0.0193. The van der Waals surface area contributed by atoms with Crippen LogP contribution in [-0.2, 0) is 11.3 Å². The average molecular weight is 901 g/mol. The molecule has 0 radical (unpaired) electrons. The Morgan fingerprint density at radius 2 is 1.34 bits per heavy atom. The number of nitrogens with zero attached hydrogens (tertiary/aromatic N) is 2. The van der Waals surface area contributed by atoms with Gasteiger partial charge in [-0.15, -0.1) is 0 Å². The second-order valence-corrected chi connectivity index (χ2v) is 16.1. The lowest BCUT2D eigenvalue weighted by atomic mass is 9.89. The van der Waals surface area contributed by atoms with Crippen LogP contribution in [0, 0.1) is 0 Å². The van der Waals surface area contributed by atoms with E-state index in [1.807, 2.05) is 61.9 Å². The number of carbonyl (C=O) groups excluding carboxylic acids is 2. The van der Waals surface area contributed by atoms with Crippen molar-refractivity contribution in [3.05, 3.63) is 145 Å². The number of carboxylic acid groups (broad SMARTS) is 2. The first-order valence-electron chi connectivity index (χ1n) is 19.6. The highest BCUT2D eigenvalue weighted by Crippen LogP contribution is 2.47. The molecule has 5 N–H and O–H groups in total. The third-order valence-corrected chi connectivity index (χ3v) is 11.5. The molecule has 2 aliphatic heterocycles. The summed E-state index contributed by atoms with van der Waals surface area (Å²) >= 11 is 13.7. The van der Waals surface area contributed by atoms with E-state index in [4.69, 9.17) is 32.0 Å². The molecule has 16 heteroatoms. The zero-order valence-electron chi connectivity index (χ0n) is 34.5. The Bertz CT molecular complexity index is 3350. The number of hydrogen-bond donors (Lipinski definition) is 5. The van der Waals surface area contributed by atoms with Gasteiger partial charge in [-0.3, -0.25) is 14.4 Å². The topological polar surface area (TPSA) is 203 Å². The zero-order valence-corrected chi connectivity index (χ0v) is 36.0. The van der Waals surface area contributed by atoms with Crippen molar-refractivity contribution in [3.63, 3.8) is 0 Å². The van der Waals surface area contributed by atoms with Gasteiger partial charge in [0.15, 0.2) is 5.43 Å². The van der Waals surface area contributed by atoms with Crippen LogP contribution in [0.15, 0.2) is 111 Å². The van der Waals surface area contributed by atoms with Crippen molar-refractivity contribution in [2.45, 2.75) is 6.54 Å². The molecule has 0 unspecified atom stereocenters. The number of amides is 2. The molecule has 2 amide bonds. The summed E-state index contributed by atoms with van der Waals surface area (Å²) in [6, 6.07) is 25.2. The maximum absolute atomic E-state index is 13.8. The van der Waals surface area contributed by atoms with E-state index in [0.717, 1.165) is 17.1 Å². The molecule has 8 rings (SSSR count). The third-order valence-electron chi connectivity index (χ3n) is 10.8. The van der Waals surface area contributed by atoms with Crippen molar-refractivity contribution in [1.29, 1.82) is 0 Å². The minimum Gasteiger partial charge on any atom is -0.508 e. The van der Waals surface area contributed by atoms with Crippen molar-refractivity contribution >= 4 is 74.6 Å². The highest BCUT2D eigenvalue weighted by atomic mass is 35.5. The van der Waals surface area contributed by atoms with E-state index in [1.54, 1.807) is 36.4 Å². The first-order chi connectivity index (χ1) is 30.5. The lowest BCUT2D eigenvalue weighted by Gasteiger charge is -2.21. The number of aromatic carboxylic acids is 2. The summed E-state index contributed by atoms with van der Waals surface area (Å²) in [7, 11) is 7.48. The number of aromatic hydroxyl groups is 1. The van der Waals surface area contributed by atoms with Crippen molar-refractivity contribution in [2.75, 3.05) is 39.6 Å². The lowest BCUT2D eigenvalue weighted by molar-refractivity contribution is -0.120. The van der Waals surface area contributed by atoms with Crippen LogP contribution in [0.2, 0.25) is 10.0 Å². The van der Waals surface area contributed by atoms with Crippen LogP contribution in [0.1, 0.15) is 36.6 Å². The SMILES string of the molecule is CN(C)c1ccc2c(-c3c(Cl)c(C(=O)NCC(=O)NCc4ccc(-c5c6ccc(=O)cc-6oc6cc(O)ccc56)c(C(=O)O)c4)cc(Cl)c3C(=O)O)c3ccc(=[N+](C)C)cc-3oc2c1. The third kappa shape index (κ3) is 7.96. The number of hydrogen-bond acceptors (Lipinski definition) is 9. The van der Waals surface area contributed by atoms with Crippen molar-refractivity contribution in [1.82, 2.24) is 15.2 Å². The molecular weight excluding hydrogens is 863 g/mol. The molecule has 0 fully saturated rings. The number of fused-ring (bicyclic) bond motifs is 4. The molecule has 0 aromatic heterocycles. The lowest BCUT2D eigenvalue weighted by Crippen LogP contribution is -2.36. The van der Waals surface area contributed by atoms with Gasteiger partial charge in [0.05, 0.1) is 39.3 Å². The molecule has 322 valence electrons. The van der Waals surface area contributed by atoms with E-state index in [-0.39, 0.29) is 61.4 Å². The second-order valence-electron chi connectivity index (χ2n) is 15.4. The largest absolute Gasteiger partial charge is 0.508 e. The number of benzene rings is 6. The molecule has 0 saturated heterocycles. The van der Waals surface area contributed by atoms with Crippen LogP contribution in [0.3, 0.4) is 0 Å². The van der Waals surface area contributed by atoms with Crippen molar-refractivity contribution in [3.8, 4) is 50.7 Å². The Labute approximate surface area is 373 Å². The molecule has 4 aromatic carbocycles. The summed E-state index contributed by atoms with van der Waals surface area (Å²) in [5.74, 6) is -3.57. The Hall–Kier alpha value is -7.68. The van der Waals surface area contributed by atoms with Gasteiger partial charge in [-0.05, 0) is 65.7 Å². The predicted octanol–water partition coefficient (Wildman–Crippen LogP) is 7.64. The number of nitrogens with one attached hydrogen (secondary N) is 2. The number of anilines is 1. The fourth-order valence-corrected chi connectivity index (χ4v) is 8.31. The molecule has 4 aromatic rings. The summed E-state index contributed by atoms with van der Waals surface area (Å²) < 4.78 is 14.2. The molecular formula is C48H37Cl2N4O10+. The molecule has 0 atom stereocenters. The molecule has 0 bridgehead atoms. The van der Waals surface area contributed by atoms with Crippen molar-refractivity contribution < 1.29 is 43.3 Å². The van der Waals surface area contributed by atoms with Crippen LogP contribution in [0.25, 0.3) is 66.8 Å². The monoisotopic (exact) mass is 899 g/mol. The van der Waals surface area contributed by atoms with Crippen LogP contribution < -0.4 is 30.9 Å². The van der Waals surface area contributed by atoms with Crippen LogP contribution in [0.5, 0.6) is 5.75 Å².